The Kier molecular flexibility index (Phi) is 8.87. The summed E-state index contributed by atoms with van der Waals surface area (Å²) in [6.45, 7) is 1.40. The van der Waals surface area contributed by atoms with Crippen molar-refractivity contribution in [3.63, 3.8) is 0 Å². The standard InChI is InChI=1S/C23H36N6O3/c1-29(22(30)17-5-3-2-4-6-17)11-12-32-23(31)20-14-19-13-16(7-9-18(19)15-26-20)8-10-21(24)27-28-25/h2-6,16,18-20,26,28H,7-15,25H2,1H3,(H2,24,27). The number of rotatable bonds is 9. The third-order valence-electron chi connectivity index (χ3n) is 6.75. The Labute approximate surface area is 189 Å². The van der Waals surface area contributed by atoms with E-state index in [4.69, 9.17) is 16.3 Å². The highest BCUT2D eigenvalue weighted by molar-refractivity contribution is 5.94. The number of carbonyl (C=O) groups excluding carboxylic acids is 2. The van der Waals surface area contributed by atoms with Gasteiger partial charge in [0.05, 0.1) is 6.54 Å². The fraction of sp³-hybridized carbons (Fsp3) is 0.609. The molecule has 9 heteroatoms. The van der Waals surface area contributed by atoms with E-state index < -0.39 is 0 Å². The molecule has 1 amide bonds. The molecule has 1 aliphatic carbocycles. The molecule has 1 saturated heterocycles. The van der Waals surface area contributed by atoms with Crippen LogP contribution in [0.1, 0.15) is 48.9 Å². The predicted molar refractivity (Wildman–Crippen MR) is 123 cm³/mol. The largest absolute Gasteiger partial charge is 0.463 e. The molecule has 176 valence electrons. The van der Waals surface area contributed by atoms with Gasteiger partial charge >= 0.3 is 5.97 Å². The van der Waals surface area contributed by atoms with E-state index in [1.165, 1.54) is 12.8 Å². The van der Waals surface area contributed by atoms with Crippen LogP contribution in [0.4, 0.5) is 0 Å². The van der Waals surface area contributed by atoms with Crippen molar-refractivity contribution in [2.45, 2.75) is 44.6 Å². The van der Waals surface area contributed by atoms with Gasteiger partial charge in [-0.25, -0.2) is 11.4 Å². The Balaban J connectivity index is 1.41. The van der Waals surface area contributed by atoms with Gasteiger partial charge in [0, 0.05) is 19.0 Å². The van der Waals surface area contributed by atoms with Crippen LogP contribution in [0.3, 0.4) is 0 Å². The van der Waals surface area contributed by atoms with Gasteiger partial charge in [0.1, 0.15) is 18.5 Å². The normalized spacial score (nSPS) is 25.5. The number of nitrogens with two attached hydrogens (primary N) is 2. The van der Waals surface area contributed by atoms with E-state index in [0.717, 1.165) is 32.2 Å². The Morgan fingerprint density at radius 2 is 2.00 bits per heavy atom. The molecular formula is C23H36N6O3. The second-order valence-corrected chi connectivity index (χ2v) is 8.93. The smallest absolute Gasteiger partial charge is 0.323 e. The van der Waals surface area contributed by atoms with Crippen molar-refractivity contribution >= 4 is 17.7 Å². The van der Waals surface area contributed by atoms with Crippen LogP contribution in [-0.2, 0) is 9.53 Å². The molecule has 0 bridgehead atoms. The van der Waals surface area contributed by atoms with Crippen LogP contribution in [0, 0.1) is 17.8 Å². The fourth-order valence-corrected chi connectivity index (χ4v) is 4.88. The molecule has 9 nitrogen and oxygen atoms in total. The van der Waals surface area contributed by atoms with Crippen molar-refractivity contribution in [2.24, 2.45) is 34.4 Å². The molecule has 4 atom stereocenters. The van der Waals surface area contributed by atoms with E-state index in [1.807, 2.05) is 18.2 Å². The summed E-state index contributed by atoms with van der Waals surface area (Å²) in [5, 5.41) is 7.19. The van der Waals surface area contributed by atoms with Crippen molar-refractivity contribution in [3.8, 4) is 0 Å². The van der Waals surface area contributed by atoms with Gasteiger partial charge in [0.25, 0.3) is 5.91 Å². The number of hydrazone groups is 1. The van der Waals surface area contributed by atoms with Crippen LogP contribution in [0.25, 0.3) is 0 Å². The number of hydrogen-bond donors (Lipinski definition) is 4. The Hall–Kier alpha value is -2.65. The van der Waals surface area contributed by atoms with Crippen molar-refractivity contribution < 1.29 is 14.3 Å². The molecule has 2 aliphatic rings. The molecule has 32 heavy (non-hydrogen) atoms. The molecule has 1 saturated carbocycles. The van der Waals surface area contributed by atoms with Crippen LogP contribution < -0.4 is 22.4 Å². The quantitative estimate of drug-likeness (QED) is 0.148. The Morgan fingerprint density at radius 3 is 2.75 bits per heavy atom. The van der Waals surface area contributed by atoms with Crippen molar-refractivity contribution in [2.75, 3.05) is 26.7 Å². The number of esters is 1. The highest BCUT2D eigenvalue weighted by atomic mass is 16.5. The molecule has 1 aromatic rings. The number of nitrogens with zero attached hydrogens (tertiary/aromatic N) is 2. The van der Waals surface area contributed by atoms with E-state index in [9.17, 15) is 9.59 Å². The SMILES string of the molecule is CN(CCOC(=O)C1CC2CC(CC/C(N)=N/NN)CCC2CN1)C(=O)c1ccccc1. The number of amides is 1. The third kappa shape index (κ3) is 6.67. The van der Waals surface area contributed by atoms with Gasteiger partial charge in [0.2, 0.25) is 0 Å². The van der Waals surface area contributed by atoms with Crippen LogP contribution in [0.15, 0.2) is 35.4 Å². The van der Waals surface area contributed by atoms with E-state index in [0.29, 0.717) is 35.7 Å². The number of amidine groups is 1. The van der Waals surface area contributed by atoms with Gasteiger partial charge in [-0.3, -0.25) is 9.59 Å². The second kappa shape index (κ2) is 11.8. The molecule has 4 unspecified atom stereocenters. The van der Waals surface area contributed by atoms with Gasteiger partial charge in [-0.05, 0) is 62.1 Å². The lowest BCUT2D eigenvalue weighted by Crippen LogP contribution is -2.50. The topological polar surface area (TPSA) is 135 Å². The number of ether oxygens (including phenoxy) is 1. The van der Waals surface area contributed by atoms with E-state index in [-0.39, 0.29) is 24.5 Å². The monoisotopic (exact) mass is 444 g/mol. The van der Waals surface area contributed by atoms with Gasteiger partial charge < -0.3 is 20.7 Å². The third-order valence-corrected chi connectivity index (χ3v) is 6.75. The summed E-state index contributed by atoms with van der Waals surface area (Å²) in [5.74, 6) is 7.11. The Bertz CT molecular complexity index is 787. The van der Waals surface area contributed by atoms with Crippen molar-refractivity contribution in [3.05, 3.63) is 35.9 Å². The molecule has 2 fully saturated rings. The maximum Gasteiger partial charge on any atom is 0.323 e. The molecule has 3 rings (SSSR count). The molecule has 0 spiro atoms. The number of carbonyl (C=O) groups is 2. The van der Waals surface area contributed by atoms with Gasteiger partial charge in [0.15, 0.2) is 0 Å². The van der Waals surface area contributed by atoms with Crippen molar-refractivity contribution in [1.29, 1.82) is 0 Å². The van der Waals surface area contributed by atoms with Crippen LogP contribution in [-0.4, -0.2) is 55.4 Å². The zero-order valence-electron chi connectivity index (χ0n) is 18.8. The number of nitrogens with one attached hydrogen (secondary N) is 2. The summed E-state index contributed by atoms with van der Waals surface area (Å²) < 4.78 is 5.50. The molecule has 6 N–H and O–H groups in total. The summed E-state index contributed by atoms with van der Waals surface area (Å²) in [4.78, 5) is 26.6. The zero-order valence-corrected chi connectivity index (χ0v) is 18.8. The predicted octanol–water partition coefficient (Wildman–Crippen LogP) is 1.21. The minimum absolute atomic E-state index is 0.0820. The highest BCUT2D eigenvalue weighted by Gasteiger charge is 2.38. The van der Waals surface area contributed by atoms with Crippen LogP contribution in [0.5, 0.6) is 0 Å². The number of benzene rings is 1. The summed E-state index contributed by atoms with van der Waals surface area (Å²) in [7, 11) is 1.72. The number of piperidine rings is 1. The van der Waals surface area contributed by atoms with E-state index >= 15 is 0 Å². The first-order valence-electron chi connectivity index (χ1n) is 11.5. The van der Waals surface area contributed by atoms with E-state index in [1.54, 1.807) is 24.1 Å². The lowest BCUT2D eigenvalue weighted by Gasteiger charge is -2.42. The lowest BCUT2D eigenvalue weighted by molar-refractivity contribution is -0.148. The van der Waals surface area contributed by atoms with Gasteiger partial charge in [-0.1, -0.05) is 24.6 Å². The molecule has 1 aliphatic heterocycles. The maximum atomic E-state index is 12.6. The van der Waals surface area contributed by atoms with Crippen molar-refractivity contribution in [1.82, 2.24) is 15.8 Å². The first kappa shape index (κ1) is 24.0. The van der Waals surface area contributed by atoms with Crippen LogP contribution >= 0.6 is 0 Å². The second-order valence-electron chi connectivity index (χ2n) is 8.93. The minimum Gasteiger partial charge on any atom is -0.463 e. The average Bonchev–Trinajstić information content (AvgIpc) is 2.82. The number of fused-ring (bicyclic) bond motifs is 1. The first-order valence-corrected chi connectivity index (χ1v) is 11.5. The van der Waals surface area contributed by atoms with E-state index in [2.05, 4.69) is 16.0 Å². The van der Waals surface area contributed by atoms with Crippen LogP contribution in [0.2, 0.25) is 0 Å². The summed E-state index contributed by atoms with van der Waals surface area (Å²) >= 11 is 0. The summed E-state index contributed by atoms with van der Waals surface area (Å²) in [6.07, 6.45) is 5.97. The minimum atomic E-state index is -0.279. The van der Waals surface area contributed by atoms with Gasteiger partial charge in [-0.15, -0.1) is 0 Å². The first-order chi connectivity index (χ1) is 15.5. The fourth-order valence-electron chi connectivity index (χ4n) is 4.88. The number of likely N-dealkylation sites (N-methyl/N-ethyl adjacent to an activating group) is 1. The van der Waals surface area contributed by atoms with Gasteiger partial charge in [-0.2, -0.15) is 5.10 Å². The highest BCUT2D eigenvalue weighted by Crippen LogP contribution is 2.40. The summed E-state index contributed by atoms with van der Waals surface area (Å²) in [6, 6.07) is 8.82. The molecule has 1 heterocycles. The molecule has 0 aromatic heterocycles. The summed E-state index contributed by atoms with van der Waals surface area (Å²) in [5.41, 5.74) is 8.69. The maximum absolute atomic E-state index is 12.6. The molecule has 1 aromatic carbocycles. The number of hydrazine groups is 1. The molecular weight excluding hydrogens is 408 g/mol. The number of hydrogen-bond acceptors (Lipinski definition) is 7. The Morgan fingerprint density at radius 1 is 1.22 bits per heavy atom. The molecule has 0 radical (unpaired) electrons. The lowest BCUT2D eigenvalue weighted by atomic mass is 9.69. The average molecular weight is 445 g/mol. The zero-order chi connectivity index (χ0) is 22.9.